The summed E-state index contributed by atoms with van der Waals surface area (Å²) < 4.78 is 7.39. The number of hydrogen-bond donors (Lipinski definition) is 0. The third-order valence-corrected chi connectivity index (χ3v) is 6.15. The summed E-state index contributed by atoms with van der Waals surface area (Å²) in [5.74, 6) is 1.49. The number of aromatic nitrogens is 2. The third-order valence-electron chi connectivity index (χ3n) is 6.15. The highest BCUT2D eigenvalue weighted by Gasteiger charge is 2.26. The number of ether oxygens (including phenoxy) is 1. The second kappa shape index (κ2) is 11.5. The van der Waals surface area contributed by atoms with Gasteiger partial charge in [-0.1, -0.05) is 18.2 Å². The van der Waals surface area contributed by atoms with E-state index >= 15 is 0 Å². The maximum absolute atomic E-state index is 13.3. The van der Waals surface area contributed by atoms with Gasteiger partial charge in [-0.05, 0) is 59.3 Å². The zero-order valence-corrected chi connectivity index (χ0v) is 20.3. The molecule has 2 aromatic rings. The number of likely N-dealkylation sites (N-methyl/N-ethyl adjacent to an activating group) is 1. The lowest BCUT2D eigenvalue weighted by Gasteiger charge is -2.36. The van der Waals surface area contributed by atoms with Crippen molar-refractivity contribution in [3.63, 3.8) is 0 Å². The van der Waals surface area contributed by atoms with Gasteiger partial charge >= 0.3 is 0 Å². The number of carbonyl (C=O) groups excluding carboxylic acids is 1. The molecular weight excluding hydrogens is 402 g/mol. The van der Waals surface area contributed by atoms with Gasteiger partial charge in [0.15, 0.2) is 0 Å². The lowest BCUT2D eigenvalue weighted by molar-refractivity contribution is 0.0660. The van der Waals surface area contributed by atoms with Crippen LogP contribution in [-0.4, -0.2) is 84.3 Å². The molecule has 0 aliphatic carbocycles. The number of rotatable bonds is 10. The molecule has 0 saturated carbocycles. The minimum absolute atomic E-state index is 0.0839. The van der Waals surface area contributed by atoms with Gasteiger partial charge in [-0.3, -0.25) is 14.4 Å². The van der Waals surface area contributed by atoms with E-state index in [2.05, 4.69) is 55.0 Å². The van der Waals surface area contributed by atoms with E-state index in [-0.39, 0.29) is 11.9 Å². The molecule has 7 heteroatoms. The molecule has 0 spiro atoms. The summed E-state index contributed by atoms with van der Waals surface area (Å²) in [5.41, 5.74) is 1.90. The quantitative estimate of drug-likeness (QED) is 0.566. The normalized spacial score (nSPS) is 17.2. The number of likely N-dealkylation sites (tertiary alicyclic amines) is 1. The largest absolute Gasteiger partial charge is 0.496 e. The van der Waals surface area contributed by atoms with E-state index in [0.29, 0.717) is 11.5 Å². The molecule has 1 amide bonds. The Morgan fingerprint density at radius 3 is 2.72 bits per heavy atom. The summed E-state index contributed by atoms with van der Waals surface area (Å²) in [4.78, 5) is 20.0. The van der Waals surface area contributed by atoms with E-state index in [1.807, 2.05) is 27.9 Å². The Labute approximate surface area is 192 Å². The molecule has 1 aromatic heterocycles. The predicted octanol–water partition coefficient (Wildman–Crippen LogP) is 3.39. The number of nitrogens with zero attached hydrogens (tertiary/aromatic N) is 5. The first kappa shape index (κ1) is 24.3. The van der Waals surface area contributed by atoms with Gasteiger partial charge < -0.3 is 14.5 Å². The van der Waals surface area contributed by atoms with E-state index in [1.165, 1.54) is 5.56 Å². The van der Waals surface area contributed by atoms with Crippen LogP contribution < -0.4 is 4.74 Å². The van der Waals surface area contributed by atoms with Crippen LogP contribution in [0.15, 0.2) is 36.7 Å². The molecule has 0 bridgehead atoms. The number of carbonyl (C=O) groups is 1. The maximum Gasteiger partial charge on any atom is 0.257 e. The van der Waals surface area contributed by atoms with Gasteiger partial charge in [-0.15, -0.1) is 0 Å². The van der Waals surface area contributed by atoms with Crippen molar-refractivity contribution < 1.29 is 9.53 Å². The number of hydrogen-bond acceptors (Lipinski definition) is 5. The molecule has 1 aliphatic heterocycles. The fourth-order valence-corrected chi connectivity index (χ4v) is 4.34. The van der Waals surface area contributed by atoms with E-state index < -0.39 is 0 Å². The van der Waals surface area contributed by atoms with Crippen LogP contribution in [0.1, 0.15) is 48.7 Å². The summed E-state index contributed by atoms with van der Waals surface area (Å²) in [6, 6.07) is 8.49. The lowest BCUT2D eigenvalue weighted by Crippen LogP contribution is -2.44. The molecule has 1 aliphatic rings. The molecule has 1 aromatic carbocycles. The zero-order valence-electron chi connectivity index (χ0n) is 20.3. The number of benzene rings is 1. The van der Waals surface area contributed by atoms with Gasteiger partial charge in [0.05, 0.1) is 18.9 Å². The van der Waals surface area contributed by atoms with Gasteiger partial charge in [0.2, 0.25) is 0 Å². The van der Waals surface area contributed by atoms with Crippen LogP contribution in [0.3, 0.4) is 0 Å². The molecule has 1 fully saturated rings. The first-order valence-electron chi connectivity index (χ1n) is 11.7. The second-order valence-corrected chi connectivity index (χ2v) is 9.41. The summed E-state index contributed by atoms with van der Waals surface area (Å²) in [7, 11) is 5.83. The SMILES string of the molecule is COc1ccccc1CN1CCC[C@@H](CN(CCN(C)C)C(=O)c2cnn(C(C)C)c2)C1. The van der Waals surface area contributed by atoms with Crippen molar-refractivity contribution in [3.05, 3.63) is 47.8 Å². The standard InChI is InChI=1S/C25H39N5O2/c1-20(2)30-19-23(15-26-30)25(31)29(14-13-27(3)4)17-21-9-8-12-28(16-21)18-22-10-6-7-11-24(22)32-5/h6-7,10-11,15,19-21H,8-9,12-14,16-18H2,1-5H3/t21-/m1/s1. The van der Waals surface area contributed by atoms with Crippen molar-refractivity contribution in [1.82, 2.24) is 24.5 Å². The second-order valence-electron chi connectivity index (χ2n) is 9.41. The summed E-state index contributed by atoms with van der Waals surface area (Å²) in [5, 5.41) is 4.38. The van der Waals surface area contributed by atoms with Crippen molar-refractivity contribution in [3.8, 4) is 5.75 Å². The van der Waals surface area contributed by atoms with E-state index in [9.17, 15) is 4.79 Å². The Balaban J connectivity index is 1.67. The number of amides is 1. The van der Waals surface area contributed by atoms with Crippen LogP contribution in [0, 0.1) is 5.92 Å². The predicted molar refractivity (Wildman–Crippen MR) is 128 cm³/mol. The Morgan fingerprint density at radius 1 is 1.25 bits per heavy atom. The topological polar surface area (TPSA) is 53.8 Å². The van der Waals surface area contributed by atoms with Gasteiger partial charge in [-0.25, -0.2) is 0 Å². The Kier molecular flexibility index (Phi) is 8.70. The van der Waals surface area contributed by atoms with Crippen molar-refractivity contribution in [2.75, 3.05) is 53.9 Å². The van der Waals surface area contributed by atoms with Gasteiger partial charge in [0.25, 0.3) is 5.91 Å². The molecule has 2 heterocycles. The van der Waals surface area contributed by atoms with E-state index in [1.54, 1.807) is 13.3 Å². The minimum Gasteiger partial charge on any atom is -0.496 e. The van der Waals surface area contributed by atoms with Gasteiger partial charge in [0.1, 0.15) is 5.75 Å². The smallest absolute Gasteiger partial charge is 0.257 e. The maximum atomic E-state index is 13.3. The van der Waals surface area contributed by atoms with Crippen LogP contribution in [-0.2, 0) is 6.54 Å². The molecule has 0 N–H and O–H groups in total. The Morgan fingerprint density at radius 2 is 2.03 bits per heavy atom. The molecule has 1 saturated heterocycles. The van der Waals surface area contributed by atoms with Crippen LogP contribution in [0.4, 0.5) is 0 Å². The average Bonchev–Trinajstić information content (AvgIpc) is 3.27. The highest BCUT2D eigenvalue weighted by molar-refractivity contribution is 5.93. The van der Waals surface area contributed by atoms with Crippen LogP contribution in [0.25, 0.3) is 0 Å². The molecule has 3 rings (SSSR count). The molecule has 0 unspecified atom stereocenters. The highest BCUT2D eigenvalue weighted by atomic mass is 16.5. The first-order valence-corrected chi connectivity index (χ1v) is 11.7. The Hall–Kier alpha value is -2.38. The summed E-state index contributed by atoms with van der Waals surface area (Å²) in [6.45, 7) is 9.46. The van der Waals surface area contributed by atoms with Crippen molar-refractivity contribution in [2.24, 2.45) is 5.92 Å². The van der Waals surface area contributed by atoms with Crippen molar-refractivity contribution >= 4 is 5.91 Å². The van der Waals surface area contributed by atoms with Crippen molar-refractivity contribution in [2.45, 2.75) is 39.3 Å². The number of methoxy groups -OCH3 is 1. The first-order chi connectivity index (χ1) is 15.4. The fraction of sp³-hybridized carbons (Fsp3) is 0.600. The minimum atomic E-state index is 0.0839. The van der Waals surface area contributed by atoms with Crippen molar-refractivity contribution in [1.29, 1.82) is 0 Å². The van der Waals surface area contributed by atoms with Gasteiger partial charge in [-0.2, -0.15) is 5.10 Å². The van der Waals surface area contributed by atoms with E-state index in [0.717, 1.165) is 57.9 Å². The molecule has 176 valence electrons. The lowest BCUT2D eigenvalue weighted by atomic mass is 9.96. The Bertz CT molecular complexity index is 864. The van der Waals surface area contributed by atoms with Gasteiger partial charge in [0, 0.05) is 50.5 Å². The molecule has 0 radical (unpaired) electrons. The molecule has 7 nitrogen and oxygen atoms in total. The number of para-hydroxylation sites is 1. The summed E-state index contributed by atoms with van der Waals surface area (Å²) >= 11 is 0. The zero-order chi connectivity index (χ0) is 23.1. The van der Waals surface area contributed by atoms with Crippen LogP contribution in [0.5, 0.6) is 5.75 Å². The number of piperidine rings is 1. The third kappa shape index (κ3) is 6.56. The van der Waals surface area contributed by atoms with Crippen LogP contribution in [0.2, 0.25) is 0 Å². The monoisotopic (exact) mass is 441 g/mol. The van der Waals surface area contributed by atoms with Crippen LogP contribution >= 0.6 is 0 Å². The fourth-order valence-electron chi connectivity index (χ4n) is 4.34. The molecule has 32 heavy (non-hydrogen) atoms. The highest BCUT2D eigenvalue weighted by Crippen LogP contribution is 2.24. The average molecular weight is 442 g/mol. The summed E-state index contributed by atoms with van der Waals surface area (Å²) in [6.07, 6.45) is 5.89. The molecule has 1 atom stereocenters. The van der Waals surface area contributed by atoms with E-state index in [4.69, 9.17) is 4.74 Å². The molecular formula is C25H39N5O2.